The fourth-order valence-corrected chi connectivity index (χ4v) is 8.08. The first-order valence-corrected chi connectivity index (χ1v) is 16.0. The molecule has 0 aliphatic carbocycles. The molecule has 1 saturated heterocycles. The van der Waals surface area contributed by atoms with Crippen molar-refractivity contribution < 1.29 is 19.1 Å². The molecule has 1 aromatic carbocycles. The third-order valence-corrected chi connectivity index (χ3v) is 14.1. The lowest BCUT2D eigenvalue weighted by Crippen LogP contribution is -2.62. The SMILES string of the molecule is C[C@@H](O[Si](C)(C)C(C)(C)C)[C@H]1C(=O)N2C(C(=O)O)=C(Sc3ccc(CI)cc3)S[C@H]12. The van der Waals surface area contributed by atoms with E-state index in [1.165, 1.54) is 34.0 Å². The van der Waals surface area contributed by atoms with E-state index in [-0.39, 0.29) is 34.0 Å². The van der Waals surface area contributed by atoms with Gasteiger partial charge in [0.05, 0.1) is 16.3 Å². The highest BCUT2D eigenvalue weighted by molar-refractivity contribution is 14.1. The summed E-state index contributed by atoms with van der Waals surface area (Å²) >= 11 is 5.21. The lowest BCUT2D eigenvalue weighted by Gasteiger charge is -2.48. The molecule has 164 valence electrons. The molecule has 1 aromatic rings. The maximum atomic E-state index is 13.0. The van der Waals surface area contributed by atoms with Gasteiger partial charge in [0.2, 0.25) is 5.91 Å². The molecule has 9 heteroatoms. The Hall–Kier alpha value is -0.493. The molecular weight excluding hydrogens is 549 g/mol. The van der Waals surface area contributed by atoms with Gasteiger partial charge in [0.1, 0.15) is 5.37 Å². The topological polar surface area (TPSA) is 66.8 Å². The second-order valence-electron chi connectivity index (χ2n) is 9.15. The molecule has 3 atom stereocenters. The van der Waals surface area contributed by atoms with Crippen LogP contribution in [0.25, 0.3) is 0 Å². The normalized spacial score (nSPS) is 22.8. The molecule has 0 unspecified atom stereocenters. The number of aliphatic carboxylic acids is 1. The van der Waals surface area contributed by atoms with E-state index in [1.54, 1.807) is 0 Å². The highest BCUT2D eigenvalue weighted by Crippen LogP contribution is 2.55. The first kappa shape index (κ1) is 24.2. The van der Waals surface area contributed by atoms with Gasteiger partial charge in [0.25, 0.3) is 0 Å². The van der Waals surface area contributed by atoms with Gasteiger partial charge in [-0.3, -0.25) is 9.69 Å². The van der Waals surface area contributed by atoms with E-state index in [9.17, 15) is 14.7 Å². The van der Waals surface area contributed by atoms with Crippen molar-refractivity contribution in [3.63, 3.8) is 0 Å². The van der Waals surface area contributed by atoms with Crippen molar-refractivity contribution in [1.82, 2.24) is 4.90 Å². The summed E-state index contributed by atoms with van der Waals surface area (Å²) in [5, 5.41) is 9.64. The highest BCUT2D eigenvalue weighted by atomic mass is 127. The van der Waals surface area contributed by atoms with Gasteiger partial charge in [-0.1, -0.05) is 79.0 Å². The van der Waals surface area contributed by atoms with Crippen LogP contribution in [0, 0.1) is 5.92 Å². The van der Waals surface area contributed by atoms with Crippen LogP contribution in [-0.2, 0) is 18.4 Å². The van der Waals surface area contributed by atoms with Crippen molar-refractivity contribution >= 4 is 66.3 Å². The second kappa shape index (κ2) is 8.80. The average Bonchev–Trinajstić information content (AvgIpc) is 2.95. The lowest BCUT2D eigenvalue weighted by atomic mass is 9.92. The number of carbonyl (C=O) groups excluding carboxylic acids is 1. The summed E-state index contributed by atoms with van der Waals surface area (Å²) in [6, 6.07) is 8.11. The maximum absolute atomic E-state index is 13.0. The molecule has 0 aromatic heterocycles. The Morgan fingerprint density at radius 1 is 1.33 bits per heavy atom. The minimum absolute atomic E-state index is 0.0478. The number of amides is 1. The quantitative estimate of drug-likeness (QED) is 0.188. The molecule has 0 spiro atoms. The maximum Gasteiger partial charge on any atom is 0.354 e. The van der Waals surface area contributed by atoms with Gasteiger partial charge in [-0.15, -0.1) is 0 Å². The zero-order valence-electron chi connectivity index (χ0n) is 18.1. The number of β-lactam (4-membered cyclic amide) rings is 1. The number of thioether (sulfide) groups is 2. The minimum Gasteiger partial charge on any atom is -0.477 e. The Bertz CT molecular complexity index is 882. The van der Waals surface area contributed by atoms with E-state index in [2.05, 4.69) is 56.5 Å². The van der Waals surface area contributed by atoms with Gasteiger partial charge in [-0.05, 0) is 42.8 Å². The van der Waals surface area contributed by atoms with E-state index in [1.807, 2.05) is 31.2 Å². The van der Waals surface area contributed by atoms with Gasteiger partial charge in [0.15, 0.2) is 14.0 Å². The molecule has 5 nitrogen and oxygen atoms in total. The summed E-state index contributed by atoms with van der Waals surface area (Å²) in [4.78, 5) is 27.4. The number of benzene rings is 1. The number of rotatable bonds is 7. The summed E-state index contributed by atoms with van der Waals surface area (Å²) in [6.07, 6.45) is -0.241. The predicted octanol–water partition coefficient (Wildman–Crippen LogP) is 5.91. The Kier molecular flexibility index (Phi) is 7.09. The molecule has 2 aliphatic heterocycles. The van der Waals surface area contributed by atoms with Gasteiger partial charge >= 0.3 is 5.97 Å². The number of carboxylic acids is 1. The largest absolute Gasteiger partial charge is 0.477 e. The Balaban J connectivity index is 1.78. The number of alkyl halides is 1. The molecule has 1 amide bonds. The van der Waals surface area contributed by atoms with Gasteiger partial charge in [0, 0.05) is 9.32 Å². The number of hydrogen-bond donors (Lipinski definition) is 1. The van der Waals surface area contributed by atoms with Crippen LogP contribution in [-0.4, -0.2) is 41.7 Å². The second-order valence-corrected chi connectivity index (χ2v) is 17.1. The molecule has 30 heavy (non-hydrogen) atoms. The number of hydrogen-bond acceptors (Lipinski definition) is 5. The predicted molar refractivity (Wildman–Crippen MR) is 134 cm³/mol. The van der Waals surface area contributed by atoms with Crippen LogP contribution in [0.1, 0.15) is 33.3 Å². The fourth-order valence-electron chi connectivity index (χ4n) is 3.28. The summed E-state index contributed by atoms with van der Waals surface area (Å²) < 4.78 is 8.06. The molecule has 1 fully saturated rings. The highest BCUT2D eigenvalue weighted by Gasteiger charge is 2.59. The van der Waals surface area contributed by atoms with E-state index < -0.39 is 14.3 Å². The zero-order chi connectivity index (χ0) is 22.4. The fraction of sp³-hybridized carbons (Fsp3) is 0.524. The zero-order valence-corrected chi connectivity index (χ0v) is 22.9. The lowest BCUT2D eigenvalue weighted by molar-refractivity contribution is -0.156. The smallest absolute Gasteiger partial charge is 0.354 e. The molecule has 0 radical (unpaired) electrons. The van der Waals surface area contributed by atoms with Crippen LogP contribution in [0.2, 0.25) is 18.1 Å². The van der Waals surface area contributed by atoms with Gasteiger partial charge in [-0.2, -0.15) is 0 Å². The molecule has 2 heterocycles. The minimum atomic E-state index is -2.03. The number of fused-ring (bicyclic) bond motifs is 1. The third-order valence-electron chi connectivity index (χ3n) is 6.03. The van der Waals surface area contributed by atoms with Gasteiger partial charge < -0.3 is 9.53 Å². The average molecular weight is 578 g/mol. The van der Waals surface area contributed by atoms with Crippen LogP contribution in [0.3, 0.4) is 0 Å². The van der Waals surface area contributed by atoms with Crippen LogP contribution in [0.15, 0.2) is 39.1 Å². The van der Waals surface area contributed by atoms with Crippen molar-refractivity contribution in [1.29, 1.82) is 0 Å². The number of nitrogens with zero attached hydrogens (tertiary/aromatic N) is 1. The van der Waals surface area contributed by atoms with Crippen LogP contribution in [0.4, 0.5) is 0 Å². The van der Waals surface area contributed by atoms with E-state index >= 15 is 0 Å². The number of halogens is 1. The van der Waals surface area contributed by atoms with Crippen molar-refractivity contribution in [2.24, 2.45) is 5.92 Å². The van der Waals surface area contributed by atoms with Crippen molar-refractivity contribution in [2.75, 3.05) is 0 Å². The monoisotopic (exact) mass is 577 g/mol. The van der Waals surface area contributed by atoms with Gasteiger partial charge in [-0.25, -0.2) is 4.79 Å². The first-order chi connectivity index (χ1) is 13.9. The molecule has 0 saturated carbocycles. The molecule has 2 aliphatic rings. The first-order valence-electron chi connectivity index (χ1n) is 9.85. The number of carbonyl (C=O) groups is 2. The van der Waals surface area contributed by atoms with E-state index in [4.69, 9.17) is 4.43 Å². The van der Waals surface area contributed by atoms with Crippen molar-refractivity contribution in [3.8, 4) is 0 Å². The number of carboxylic acid groups (broad SMARTS) is 1. The van der Waals surface area contributed by atoms with E-state index in [0.717, 1.165) is 9.32 Å². The molecule has 0 bridgehead atoms. The molecular formula is C21H28INO4S2Si. The van der Waals surface area contributed by atoms with Crippen LogP contribution in [0.5, 0.6) is 0 Å². The summed E-state index contributed by atoms with van der Waals surface area (Å²) in [5.41, 5.74) is 1.33. The Morgan fingerprint density at radius 3 is 2.43 bits per heavy atom. The summed E-state index contributed by atoms with van der Waals surface area (Å²) in [7, 11) is -2.03. The Labute approximate surface area is 201 Å². The van der Waals surface area contributed by atoms with Crippen molar-refractivity contribution in [3.05, 3.63) is 39.8 Å². The molecule has 1 N–H and O–H groups in total. The van der Waals surface area contributed by atoms with Crippen LogP contribution >= 0.6 is 46.1 Å². The third kappa shape index (κ3) is 4.50. The molecule has 3 rings (SSSR count). The summed E-state index contributed by atoms with van der Waals surface area (Å²) in [5.74, 6) is -1.52. The summed E-state index contributed by atoms with van der Waals surface area (Å²) in [6.45, 7) is 12.8. The van der Waals surface area contributed by atoms with Crippen molar-refractivity contribution in [2.45, 2.75) is 66.6 Å². The van der Waals surface area contributed by atoms with Crippen LogP contribution < -0.4 is 0 Å². The standard InChI is InChI=1S/C21H28INO4S2Si/c1-12(27-30(5,6)21(2,3)4)15-17(24)23-16(19(25)26)20(29-18(15)23)28-14-9-7-13(11-22)8-10-14/h7-10,12,15,18H,11H2,1-6H3,(H,25,26)/t12-,15+,18-/m1/s1. The Morgan fingerprint density at radius 2 is 1.93 bits per heavy atom. The van der Waals surface area contributed by atoms with E-state index in [0.29, 0.717) is 4.24 Å².